The number of allylic oxidation sites excluding steroid dienone is 4. The second-order valence-electron chi connectivity index (χ2n) is 6.21. The Balaban J connectivity index is 1.93. The summed E-state index contributed by atoms with van der Waals surface area (Å²) in [6.45, 7) is 2.97. The number of nitrogens with two attached hydrogens (primary N) is 1. The van der Waals surface area contributed by atoms with Crippen molar-refractivity contribution < 1.29 is 5.11 Å². The van der Waals surface area contributed by atoms with E-state index in [4.69, 9.17) is 5.73 Å². The molecule has 3 atom stereocenters. The van der Waals surface area contributed by atoms with Crippen LogP contribution in [-0.4, -0.2) is 29.8 Å². The fourth-order valence-corrected chi connectivity index (χ4v) is 2.71. The van der Waals surface area contributed by atoms with Crippen molar-refractivity contribution in [3.05, 3.63) is 24.3 Å². The van der Waals surface area contributed by atoms with Crippen LogP contribution >= 0.6 is 0 Å². The predicted molar refractivity (Wildman–Crippen MR) is 91.3 cm³/mol. The van der Waals surface area contributed by atoms with E-state index in [-0.39, 0.29) is 12.1 Å². The fourth-order valence-electron chi connectivity index (χ4n) is 2.71. The molecule has 3 nitrogen and oxygen atoms in total. The molecule has 0 saturated carbocycles. The summed E-state index contributed by atoms with van der Waals surface area (Å²) in [6, 6.07) is 0.369. The number of unbranched alkanes of at least 4 members (excludes halogenated alkanes) is 5. The van der Waals surface area contributed by atoms with E-state index in [2.05, 4.69) is 36.5 Å². The summed E-state index contributed by atoms with van der Waals surface area (Å²) in [6.07, 6.45) is 19.2. The average Bonchev–Trinajstić information content (AvgIpc) is 2.48. The molecule has 0 aromatic heterocycles. The number of hydrogen-bond donors (Lipinski definition) is 3. The first-order valence-corrected chi connectivity index (χ1v) is 8.72. The molecule has 0 amide bonds. The average molecular weight is 294 g/mol. The Morgan fingerprint density at radius 2 is 1.81 bits per heavy atom. The van der Waals surface area contributed by atoms with Gasteiger partial charge in [0.25, 0.3) is 0 Å². The van der Waals surface area contributed by atoms with Crippen LogP contribution in [0.5, 0.6) is 0 Å². The minimum absolute atomic E-state index is 0.0863. The van der Waals surface area contributed by atoms with Gasteiger partial charge in [0.15, 0.2) is 0 Å². The van der Waals surface area contributed by atoms with Crippen molar-refractivity contribution in [3.8, 4) is 0 Å². The molecule has 0 aromatic rings. The Morgan fingerprint density at radius 1 is 1.10 bits per heavy atom. The summed E-state index contributed by atoms with van der Waals surface area (Å²) < 4.78 is 0. The summed E-state index contributed by atoms with van der Waals surface area (Å²) in [5, 5.41) is 13.2. The number of hydrogen-bond acceptors (Lipinski definition) is 3. The smallest absolute Gasteiger partial charge is 0.0718 e. The van der Waals surface area contributed by atoms with E-state index >= 15 is 0 Å². The van der Waals surface area contributed by atoms with Crippen LogP contribution in [0.3, 0.4) is 0 Å². The summed E-state index contributed by atoms with van der Waals surface area (Å²) >= 11 is 0. The summed E-state index contributed by atoms with van der Waals surface area (Å²) in [5.41, 5.74) is 5.78. The van der Waals surface area contributed by atoms with Crippen LogP contribution in [0.1, 0.15) is 64.7 Å². The zero-order chi connectivity index (χ0) is 15.3. The van der Waals surface area contributed by atoms with Gasteiger partial charge in [-0.3, -0.25) is 0 Å². The van der Waals surface area contributed by atoms with Gasteiger partial charge in [0.05, 0.1) is 6.10 Å². The third-order valence-corrected chi connectivity index (χ3v) is 4.19. The molecule has 1 rings (SSSR count). The molecule has 3 heteroatoms. The normalized spacial score (nSPS) is 26.9. The second-order valence-corrected chi connectivity index (χ2v) is 6.21. The van der Waals surface area contributed by atoms with Crippen molar-refractivity contribution in [2.45, 2.75) is 82.9 Å². The van der Waals surface area contributed by atoms with Gasteiger partial charge in [0.2, 0.25) is 0 Å². The zero-order valence-corrected chi connectivity index (χ0v) is 13.6. The second kappa shape index (κ2) is 12.0. The summed E-state index contributed by atoms with van der Waals surface area (Å²) in [5.74, 6) is 0. The van der Waals surface area contributed by atoms with Gasteiger partial charge in [-0.05, 0) is 32.1 Å². The molecule has 1 saturated heterocycles. The zero-order valence-electron chi connectivity index (χ0n) is 13.6. The van der Waals surface area contributed by atoms with Crippen LogP contribution < -0.4 is 11.1 Å². The van der Waals surface area contributed by atoms with E-state index in [9.17, 15) is 5.11 Å². The van der Waals surface area contributed by atoms with Crippen LogP contribution in [0, 0.1) is 0 Å². The van der Waals surface area contributed by atoms with Gasteiger partial charge in [-0.15, -0.1) is 0 Å². The minimum Gasteiger partial charge on any atom is -0.391 e. The Kier molecular flexibility index (Phi) is 10.5. The van der Waals surface area contributed by atoms with Crippen LogP contribution in [-0.2, 0) is 0 Å². The van der Waals surface area contributed by atoms with Crippen molar-refractivity contribution >= 4 is 0 Å². The molecule has 0 aliphatic carbocycles. The van der Waals surface area contributed by atoms with E-state index in [1.807, 2.05) is 0 Å². The van der Waals surface area contributed by atoms with Gasteiger partial charge in [0.1, 0.15) is 0 Å². The first-order chi connectivity index (χ1) is 10.2. The lowest BCUT2D eigenvalue weighted by Crippen LogP contribution is -2.53. The molecule has 1 aliphatic heterocycles. The molecule has 0 radical (unpaired) electrons. The van der Waals surface area contributed by atoms with Crippen molar-refractivity contribution in [2.75, 3.05) is 6.54 Å². The molecule has 0 aromatic carbocycles. The van der Waals surface area contributed by atoms with E-state index in [0.717, 1.165) is 19.4 Å². The maximum Gasteiger partial charge on any atom is 0.0718 e. The van der Waals surface area contributed by atoms with Crippen molar-refractivity contribution in [3.63, 3.8) is 0 Å². The van der Waals surface area contributed by atoms with Gasteiger partial charge < -0.3 is 16.2 Å². The first-order valence-electron chi connectivity index (χ1n) is 8.72. The lowest BCUT2D eigenvalue weighted by atomic mass is 9.94. The van der Waals surface area contributed by atoms with Gasteiger partial charge in [-0.2, -0.15) is 0 Å². The molecule has 4 N–H and O–H groups in total. The highest BCUT2D eigenvalue weighted by Gasteiger charge is 2.25. The van der Waals surface area contributed by atoms with Crippen LogP contribution in [0.4, 0.5) is 0 Å². The molecular formula is C18H34N2O. The molecule has 21 heavy (non-hydrogen) atoms. The molecular weight excluding hydrogens is 260 g/mol. The Morgan fingerprint density at radius 3 is 2.48 bits per heavy atom. The van der Waals surface area contributed by atoms with E-state index in [1.165, 1.54) is 44.9 Å². The number of nitrogens with one attached hydrogen (secondary N) is 1. The monoisotopic (exact) mass is 294 g/mol. The maximum atomic E-state index is 9.74. The Hall–Kier alpha value is -0.640. The first kappa shape index (κ1) is 18.4. The summed E-state index contributed by atoms with van der Waals surface area (Å²) in [7, 11) is 0. The van der Waals surface area contributed by atoms with Gasteiger partial charge >= 0.3 is 0 Å². The van der Waals surface area contributed by atoms with Crippen molar-refractivity contribution in [1.29, 1.82) is 0 Å². The van der Waals surface area contributed by atoms with Gasteiger partial charge in [0, 0.05) is 18.6 Å². The molecule has 0 spiro atoms. The minimum atomic E-state index is -0.321. The topological polar surface area (TPSA) is 58.3 Å². The number of rotatable bonds is 10. The predicted octanol–water partition coefficient (Wildman–Crippen LogP) is 3.29. The third kappa shape index (κ3) is 9.07. The van der Waals surface area contributed by atoms with Gasteiger partial charge in [-0.1, -0.05) is 56.9 Å². The van der Waals surface area contributed by atoms with Crippen molar-refractivity contribution in [1.82, 2.24) is 5.32 Å². The lowest BCUT2D eigenvalue weighted by Gasteiger charge is -2.32. The largest absolute Gasteiger partial charge is 0.391 e. The van der Waals surface area contributed by atoms with Crippen LogP contribution in [0.2, 0.25) is 0 Å². The number of piperidine rings is 1. The fraction of sp³-hybridized carbons (Fsp3) is 0.778. The Labute approximate surface area is 130 Å². The molecule has 122 valence electrons. The molecule has 1 heterocycles. The summed E-state index contributed by atoms with van der Waals surface area (Å²) in [4.78, 5) is 0. The SMILES string of the molecule is CCCC/C=C\C=C\CCCCC[C@@H]1C[C@H](O)[C@H](N)CN1. The lowest BCUT2D eigenvalue weighted by molar-refractivity contribution is 0.0936. The highest BCUT2D eigenvalue weighted by Crippen LogP contribution is 2.14. The van der Waals surface area contributed by atoms with E-state index in [1.54, 1.807) is 0 Å². The standard InChI is InChI=1S/C18H34N2O/c1-2-3-4-5-6-7-8-9-10-11-12-13-16-14-18(21)17(19)15-20-16/h5-8,16-18,20-21H,2-4,9-15,19H2,1H3/b6-5-,8-7+/t16-,17-,18+/m1/s1. The van der Waals surface area contributed by atoms with Crippen LogP contribution in [0.25, 0.3) is 0 Å². The molecule has 1 aliphatic rings. The highest BCUT2D eigenvalue weighted by atomic mass is 16.3. The van der Waals surface area contributed by atoms with Crippen molar-refractivity contribution in [2.24, 2.45) is 5.73 Å². The Bertz CT molecular complexity index is 302. The molecule has 0 bridgehead atoms. The maximum absolute atomic E-state index is 9.74. The number of aliphatic hydroxyl groups excluding tert-OH is 1. The molecule has 0 unspecified atom stereocenters. The quantitative estimate of drug-likeness (QED) is 0.428. The molecule has 1 fully saturated rings. The van der Waals surface area contributed by atoms with Crippen LogP contribution in [0.15, 0.2) is 24.3 Å². The van der Waals surface area contributed by atoms with Gasteiger partial charge in [-0.25, -0.2) is 0 Å². The highest BCUT2D eigenvalue weighted by molar-refractivity contribution is 5.02. The van der Waals surface area contributed by atoms with E-state index < -0.39 is 0 Å². The third-order valence-electron chi connectivity index (χ3n) is 4.19. The number of aliphatic hydroxyl groups is 1. The van der Waals surface area contributed by atoms with E-state index in [0.29, 0.717) is 6.04 Å².